The first-order chi connectivity index (χ1) is 10.1. The van der Waals surface area contributed by atoms with Gasteiger partial charge in [0.25, 0.3) is 0 Å². The topological polar surface area (TPSA) is 53.6 Å². The van der Waals surface area contributed by atoms with Gasteiger partial charge in [-0.05, 0) is 26.1 Å². The molecule has 0 heterocycles. The van der Waals surface area contributed by atoms with Gasteiger partial charge in [-0.3, -0.25) is 4.79 Å². The highest BCUT2D eigenvalue weighted by Crippen LogP contribution is 2.04. The van der Waals surface area contributed by atoms with Crippen LogP contribution in [0.15, 0.2) is 30.3 Å². The van der Waals surface area contributed by atoms with Crippen LogP contribution in [-0.2, 0) is 16.0 Å². The predicted octanol–water partition coefficient (Wildman–Crippen LogP) is 1.36. The summed E-state index contributed by atoms with van der Waals surface area (Å²) in [6.45, 7) is 2.43. The predicted molar refractivity (Wildman–Crippen MR) is 99.9 cm³/mol. The molecule has 0 radical (unpaired) electrons. The smallest absolute Gasteiger partial charge is 0.234 e. The molecule has 5 nitrogen and oxygen atoms in total. The second kappa shape index (κ2) is 14.7. The van der Waals surface area contributed by atoms with Crippen LogP contribution < -0.4 is 10.6 Å². The number of likely N-dealkylation sites (N-methyl/N-ethyl adjacent to an activating group) is 1. The number of rotatable bonds is 10. The molecule has 0 spiro atoms. The first kappa shape index (κ1) is 24.4. The SMILES string of the molecule is COCCNCC(=O)NC(Cc1ccccc1)CN(C)C.Cl.Cl. The molecular weight excluding hydrogens is 337 g/mol. The summed E-state index contributed by atoms with van der Waals surface area (Å²) in [6.07, 6.45) is 0.836. The second-order valence-corrected chi connectivity index (χ2v) is 5.39. The number of hydrogen-bond acceptors (Lipinski definition) is 4. The van der Waals surface area contributed by atoms with E-state index in [-0.39, 0.29) is 36.8 Å². The molecule has 1 unspecified atom stereocenters. The van der Waals surface area contributed by atoms with Gasteiger partial charge in [-0.2, -0.15) is 0 Å². The number of halogens is 2. The van der Waals surface area contributed by atoms with Gasteiger partial charge < -0.3 is 20.3 Å². The van der Waals surface area contributed by atoms with E-state index < -0.39 is 0 Å². The fourth-order valence-electron chi connectivity index (χ4n) is 2.16. The zero-order valence-electron chi connectivity index (χ0n) is 14.1. The molecule has 23 heavy (non-hydrogen) atoms. The van der Waals surface area contributed by atoms with Crippen LogP contribution in [0.25, 0.3) is 0 Å². The summed E-state index contributed by atoms with van der Waals surface area (Å²) in [6, 6.07) is 10.3. The summed E-state index contributed by atoms with van der Waals surface area (Å²) in [7, 11) is 5.68. The Bertz CT molecular complexity index is 406. The summed E-state index contributed by atoms with van der Waals surface area (Å²) < 4.78 is 4.94. The summed E-state index contributed by atoms with van der Waals surface area (Å²) in [4.78, 5) is 14.0. The molecule has 134 valence electrons. The van der Waals surface area contributed by atoms with E-state index in [0.717, 1.165) is 13.0 Å². The normalized spacial score (nSPS) is 11.3. The standard InChI is InChI=1S/C16H27N3O2.2ClH/c1-19(2)13-15(11-14-7-5-4-6-8-14)18-16(20)12-17-9-10-21-3;;/h4-8,15,17H,9-13H2,1-3H3,(H,18,20);2*1H. The van der Waals surface area contributed by atoms with Gasteiger partial charge in [0.1, 0.15) is 0 Å². The molecule has 1 aromatic carbocycles. The molecule has 0 saturated carbocycles. The molecule has 1 rings (SSSR count). The van der Waals surface area contributed by atoms with Crippen molar-refractivity contribution >= 4 is 30.7 Å². The molecule has 0 bridgehead atoms. The van der Waals surface area contributed by atoms with Crippen LogP contribution in [0, 0.1) is 0 Å². The summed E-state index contributed by atoms with van der Waals surface area (Å²) in [5, 5.41) is 6.15. The molecule has 0 saturated heterocycles. The van der Waals surface area contributed by atoms with E-state index in [1.807, 2.05) is 32.3 Å². The van der Waals surface area contributed by atoms with Crippen molar-refractivity contribution in [2.75, 3.05) is 47.4 Å². The zero-order chi connectivity index (χ0) is 15.5. The number of nitrogens with one attached hydrogen (secondary N) is 2. The molecule has 1 amide bonds. The zero-order valence-corrected chi connectivity index (χ0v) is 15.7. The van der Waals surface area contributed by atoms with Crippen LogP contribution in [0.4, 0.5) is 0 Å². The molecule has 1 aromatic rings. The third kappa shape index (κ3) is 12.3. The van der Waals surface area contributed by atoms with E-state index in [9.17, 15) is 4.79 Å². The van der Waals surface area contributed by atoms with Crippen molar-refractivity contribution in [1.29, 1.82) is 0 Å². The van der Waals surface area contributed by atoms with Crippen LogP contribution in [-0.4, -0.2) is 64.3 Å². The first-order valence-electron chi connectivity index (χ1n) is 7.29. The van der Waals surface area contributed by atoms with Crippen molar-refractivity contribution < 1.29 is 9.53 Å². The van der Waals surface area contributed by atoms with E-state index in [1.165, 1.54) is 5.56 Å². The number of nitrogens with zero attached hydrogens (tertiary/aromatic N) is 1. The monoisotopic (exact) mass is 365 g/mol. The minimum Gasteiger partial charge on any atom is -0.383 e. The van der Waals surface area contributed by atoms with Crippen LogP contribution in [0.2, 0.25) is 0 Å². The largest absolute Gasteiger partial charge is 0.383 e. The Hall–Kier alpha value is -0.850. The van der Waals surface area contributed by atoms with Crippen molar-refractivity contribution in [3.63, 3.8) is 0 Å². The highest BCUT2D eigenvalue weighted by molar-refractivity contribution is 5.85. The fraction of sp³-hybridized carbons (Fsp3) is 0.562. The van der Waals surface area contributed by atoms with Gasteiger partial charge in [0, 0.05) is 26.2 Å². The van der Waals surface area contributed by atoms with Crippen molar-refractivity contribution in [2.24, 2.45) is 0 Å². The van der Waals surface area contributed by atoms with E-state index >= 15 is 0 Å². The maximum atomic E-state index is 12.0. The van der Waals surface area contributed by atoms with E-state index in [0.29, 0.717) is 19.7 Å². The van der Waals surface area contributed by atoms with Gasteiger partial charge in [0.05, 0.1) is 13.2 Å². The summed E-state index contributed by atoms with van der Waals surface area (Å²) in [5.41, 5.74) is 1.23. The van der Waals surface area contributed by atoms with Crippen LogP contribution in [0.5, 0.6) is 0 Å². The molecule has 2 N–H and O–H groups in total. The third-order valence-electron chi connectivity index (χ3n) is 3.04. The Labute approximate surface area is 152 Å². The van der Waals surface area contributed by atoms with E-state index in [2.05, 4.69) is 27.7 Å². The molecule has 0 aliphatic heterocycles. The Morgan fingerprint density at radius 2 is 1.87 bits per heavy atom. The minimum absolute atomic E-state index is 0. The molecule has 0 aromatic heterocycles. The highest BCUT2D eigenvalue weighted by Gasteiger charge is 2.13. The Morgan fingerprint density at radius 3 is 2.43 bits per heavy atom. The lowest BCUT2D eigenvalue weighted by Crippen LogP contribution is -2.46. The third-order valence-corrected chi connectivity index (χ3v) is 3.04. The fourth-order valence-corrected chi connectivity index (χ4v) is 2.16. The van der Waals surface area contributed by atoms with Crippen LogP contribution in [0.3, 0.4) is 0 Å². The lowest BCUT2D eigenvalue weighted by molar-refractivity contribution is -0.121. The lowest BCUT2D eigenvalue weighted by atomic mass is 10.1. The van der Waals surface area contributed by atoms with Gasteiger partial charge in [-0.15, -0.1) is 24.8 Å². The Balaban J connectivity index is 0. The number of ether oxygens (including phenoxy) is 1. The number of hydrogen-bond donors (Lipinski definition) is 2. The second-order valence-electron chi connectivity index (χ2n) is 5.39. The molecule has 1 atom stereocenters. The number of amides is 1. The lowest BCUT2D eigenvalue weighted by Gasteiger charge is -2.22. The van der Waals surface area contributed by atoms with Crippen molar-refractivity contribution in [2.45, 2.75) is 12.5 Å². The molecule has 0 aliphatic carbocycles. The van der Waals surface area contributed by atoms with E-state index in [1.54, 1.807) is 7.11 Å². The van der Waals surface area contributed by atoms with Gasteiger partial charge in [0.15, 0.2) is 0 Å². The maximum Gasteiger partial charge on any atom is 0.234 e. The average molecular weight is 366 g/mol. The number of benzene rings is 1. The maximum absolute atomic E-state index is 12.0. The number of carbonyl (C=O) groups excluding carboxylic acids is 1. The highest BCUT2D eigenvalue weighted by atomic mass is 35.5. The molecular formula is C16H29Cl2N3O2. The number of methoxy groups -OCH3 is 1. The van der Waals surface area contributed by atoms with Crippen LogP contribution >= 0.6 is 24.8 Å². The van der Waals surface area contributed by atoms with Gasteiger partial charge >= 0.3 is 0 Å². The quantitative estimate of drug-likeness (QED) is 0.614. The Kier molecular flexibility index (Phi) is 15.6. The summed E-state index contributed by atoms with van der Waals surface area (Å²) in [5.74, 6) is 0.0221. The van der Waals surface area contributed by atoms with Crippen molar-refractivity contribution in [1.82, 2.24) is 15.5 Å². The van der Waals surface area contributed by atoms with Crippen molar-refractivity contribution in [3.05, 3.63) is 35.9 Å². The summed E-state index contributed by atoms with van der Waals surface area (Å²) >= 11 is 0. The first-order valence-corrected chi connectivity index (χ1v) is 7.29. The average Bonchev–Trinajstić information content (AvgIpc) is 2.44. The molecule has 0 aliphatic rings. The molecule has 7 heteroatoms. The minimum atomic E-state index is 0. The van der Waals surface area contributed by atoms with Crippen LogP contribution in [0.1, 0.15) is 5.56 Å². The van der Waals surface area contributed by atoms with Gasteiger partial charge in [0.2, 0.25) is 5.91 Å². The van der Waals surface area contributed by atoms with E-state index in [4.69, 9.17) is 4.74 Å². The van der Waals surface area contributed by atoms with Gasteiger partial charge in [-0.1, -0.05) is 30.3 Å². The van der Waals surface area contributed by atoms with Crippen molar-refractivity contribution in [3.8, 4) is 0 Å². The number of carbonyl (C=O) groups is 1. The Morgan fingerprint density at radius 1 is 1.22 bits per heavy atom. The van der Waals surface area contributed by atoms with Gasteiger partial charge in [-0.25, -0.2) is 0 Å². The molecule has 0 fully saturated rings.